The zero-order chi connectivity index (χ0) is 35.8. The second-order valence-electron chi connectivity index (χ2n) is 14.1. The van der Waals surface area contributed by atoms with Gasteiger partial charge in [0.2, 0.25) is 5.89 Å². The Labute approximate surface area is 302 Å². The third kappa shape index (κ3) is 6.49. The van der Waals surface area contributed by atoms with Crippen LogP contribution in [0.1, 0.15) is 59.9 Å². The number of aromatic nitrogens is 3. The number of benzene rings is 3. The molecule has 262 valence electrons. The number of nitriles is 1. The van der Waals surface area contributed by atoms with E-state index in [0.717, 1.165) is 88.3 Å². The van der Waals surface area contributed by atoms with Gasteiger partial charge in [-0.05, 0) is 122 Å². The fourth-order valence-corrected chi connectivity index (χ4v) is 7.97. The van der Waals surface area contributed by atoms with Crippen LogP contribution < -0.4 is 10.6 Å². The van der Waals surface area contributed by atoms with Gasteiger partial charge in [0.1, 0.15) is 17.1 Å². The van der Waals surface area contributed by atoms with Crippen LogP contribution in [0, 0.1) is 31.1 Å². The standard InChI is InChI=1S/C42H41N7O3/c1-25-31(32-9-6-12-35(26(32)2)47-40-38-29(14-15-44-40)19-28(23-46-38)24-49-16-3-4-17-49)8-5-10-33(25)41-48-37-20-27(18-30(21-43)39(37)52-41)22-45-36-13-7-11-34(36)42(50)51/h5-6,8-10,12,14-15,18-20,23,34,36,45H,3-4,7,11,13,16-17,22,24H2,1-2H3,(H,44,47)(H,50,51). The summed E-state index contributed by atoms with van der Waals surface area (Å²) in [6.45, 7) is 7.84. The van der Waals surface area contributed by atoms with Crippen molar-refractivity contribution >= 4 is 39.5 Å². The lowest BCUT2D eigenvalue weighted by Crippen LogP contribution is -2.35. The van der Waals surface area contributed by atoms with Crippen LogP contribution in [0.5, 0.6) is 0 Å². The number of hydrogen-bond donors (Lipinski definition) is 3. The third-order valence-electron chi connectivity index (χ3n) is 10.8. The van der Waals surface area contributed by atoms with Crippen LogP contribution in [-0.4, -0.2) is 50.1 Å². The van der Waals surface area contributed by atoms with Crippen molar-refractivity contribution in [3.05, 3.63) is 101 Å². The quantitative estimate of drug-likeness (QED) is 0.129. The van der Waals surface area contributed by atoms with Gasteiger partial charge in [0.05, 0.1) is 11.5 Å². The summed E-state index contributed by atoms with van der Waals surface area (Å²) in [7, 11) is 0. The summed E-state index contributed by atoms with van der Waals surface area (Å²) in [6, 6.07) is 22.5. The van der Waals surface area contributed by atoms with E-state index in [-0.39, 0.29) is 6.04 Å². The highest BCUT2D eigenvalue weighted by molar-refractivity contribution is 5.91. The highest BCUT2D eigenvalue weighted by Crippen LogP contribution is 2.38. The zero-order valence-electron chi connectivity index (χ0n) is 29.4. The van der Waals surface area contributed by atoms with Gasteiger partial charge in [0.25, 0.3) is 0 Å². The molecule has 4 heterocycles. The fourth-order valence-electron chi connectivity index (χ4n) is 7.97. The molecule has 52 heavy (non-hydrogen) atoms. The Bertz CT molecular complexity index is 2350. The van der Waals surface area contributed by atoms with E-state index in [9.17, 15) is 15.2 Å². The van der Waals surface area contributed by atoms with E-state index < -0.39 is 11.9 Å². The maximum absolute atomic E-state index is 11.7. The van der Waals surface area contributed by atoms with Gasteiger partial charge >= 0.3 is 5.97 Å². The number of hydrogen-bond acceptors (Lipinski definition) is 9. The Morgan fingerprint density at radius 3 is 2.56 bits per heavy atom. The fraction of sp³-hybridized carbons (Fsp3) is 0.310. The van der Waals surface area contributed by atoms with Crippen LogP contribution >= 0.6 is 0 Å². The first-order chi connectivity index (χ1) is 25.4. The first-order valence-electron chi connectivity index (χ1n) is 18.1. The second kappa shape index (κ2) is 14.2. The molecule has 2 fully saturated rings. The number of carbonyl (C=O) groups is 1. The summed E-state index contributed by atoms with van der Waals surface area (Å²) in [6.07, 6.45) is 8.73. The molecule has 1 saturated carbocycles. The molecular formula is C42H41N7O3. The first kappa shape index (κ1) is 33.5. The van der Waals surface area contributed by atoms with E-state index >= 15 is 0 Å². The van der Waals surface area contributed by atoms with Crippen molar-refractivity contribution < 1.29 is 14.3 Å². The zero-order valence-corrected chi connectivity index (χ0v) is 29.4. The van der Waals surface area contributed by atoms with E-state index in [0.29, 0.717) is 35.5 Å². The molecule has 2 unspecified atom stereocenters. The van der Waals surface area contributed by atoms with Gasteiger partial charge in [-0.2, -0.15) is 5.26 Å². The lowest BCUT2D eigenvalue weighted by molar-refractivity contribution is -0.142. The van der Waals surface area contributed by atoms with Gasteiger partial charge in [-0.3, -0.25) is 14.7 Å². The predicted molar refractivity (Wildman–Crippen MR) is 202 cm³/mol. The van der Waals surface area contributed by atoms with Crippen molar-refractivity contribution in [1.29, 1.82) is 5.26 Å². The molecule has 2 atom stereocenters. The van der Waals surface area contributed by atoms with Crippen LogP contribution in [0.3, 0.4) is 0 Å². The number of nitrogens with one attached hydrogen (secondary N) is 2. The van der Waals surface area contributed by atoms with Crippen molar-refractivity contribution in [2.75, 3.05) is 18.4 Å². The number of aliphatic carboxylic acids is 1. The molecule has 8 rings (SSSR count). The molecule has 1 aliphatic heterocycles. The summed E-state index contributed by atoms with van der Waals surface area (Å²) < 4.78 is 6.29. The molecule has 1 saturated heterocycles. The van der Waals surface area contributed by atoms with Gasteiger partial charge in [0.15, 0.2) is 11.4 Å². The number of anilines is 2. The average molecular weight is 692 g/mol. The van der Waals surface area contributed by atoms with E-state index in [1.54, 1.807) is 6.07 Å². The molecule has 10 heteroatoms. The van der Waals surface area contributed by atoms with Crippen LogP contribution in [0.2, 0.25) is 0 Å². The van der Waals surface area contributed by atoms with Gasteiger partial charge in [-0.15, -0.1) is 0 Å². The van der Waals surface area contributed by atoms with Crippen molar-refractivity contribution in [2.24, 2.45) is 5.92 Å². The van der Waals surface area contributed by atoms with Gasteiger partial charge in [-0.25, -0.2) is 9.97 Å². The lowest BCUT2D eigenvalue weighted by Gasteiger charge is -2.17. The minimum Gasteiger partial charge on any atom is -0.481 e. The van der Waals surface area contributed by atoms with Crippen molar-refractivity contribution in [3.63, 3.8) is 0 Å². The number of likely N-dealkylation sites (tertiary alicyclic amines) is 1. The molecule has 3 aromatic carbocycles. The number of fused-ring (bicyclic) bond motifs is 2. The number of carboxylic acid groups (broad SMARTS) is 1. The number of nitrogens with zero attached hydrogens (tertiary/aromatic N) is 5. The highest BCUT2D eigenvalue weighted by atomic mass is 16.4. The van der Waals surface area contributed by atoms with E-state index in [1.165, 1.54) is 18.4 Å². The predicted octanol–water partition coefficient (Wildman–Crippen LogP) is 8.28. The number of rotatable bonds is 10. The average Bonchev–Trinajstić information content (AvgIpc) is 3.93. The molecule has 3 aromatic heterocycles. The minimum absolute atomic E-state index is 0.0909. The van der Waals surface area contributed by atoms with E-state index in [2.05, 4.69) is 64.7 Å². The van der Waals surface area contributed by atoms with Crippen LogP contribution in [0.15, 0.2) is 77.5 Å². The van der Waals surface area contributed by atoms with Gasteiger partial charge in [0, 0.05) is 48.2 Å². The number of pyridine rings is 2. The Morgan fingerprint density at radius 1 is 0.962 bits per heavy atom. The molecular weight excluding hydrogens is 651 g/mol. The van der Waals surface area contributed by atoms with E-state index in [1.807, 2.05) is 42.7 Å². The van der Waals surface area contributed by atoms with E-state index in [4.69, 9.17) is 14.4 Å². The number of oxazole rings is 1. The molecule has 1 aliphatic carbocycles. The highest BCUT2D eigenvalue weighted by Gasteiger charge is 2.32. The maximum atomic E-state index is 11.7. The molecule has 0 spiro atoms. The summed E-state index contributed by atoms with van der Waals surface area (Å²) in [5.74, 6) is 0.00809. The molecule has 3 N–H and O–H groups in total. The Hall–Kier alpha value is -5.63. The SMILES string of the molecule is Cc1c(Nc2nccc3cc(CN4CCCC4)cnc23)cccc1-c1cccc(-c2nc3cc(CNC4CCCC4C(=O)O)cc(C#N)c3o2)c1C. The summed E-state index contributed by atoms with van der Waals surface area (Å²) >= 11 is 0. The molecule has 2 aliphatic rings. The van der Waals surface area contributed by atoms with Crippen molar-refractivity contribution in [1.82, 2.24) is 25.2 Å². The summed E-state index contributed by atoms with van der Waals surface area (Å²) in [5, 5.41) is 27.6. The normalized spacial score (nSPS) is 17.6. The Kier molecular flexibility index (Phi) is 9.14. The van der Waals surface area contributed by atoms with Crippen molar-refractivity contribution in [3.8, 4) is 28.7 Å². The molecule has 10 nitrogen and oxygen atoms in total. The van der Waals surface area contributed by atoms with Crippen LogP contribution in [-0.2, 0) is 17.9 Å². The topological polar surface area (TPSA) is 140 Å². The maximum Gasteiger partial charge on any atom is 0.308 e. The van der Waals surface area contributed by atoms with Crippen molar-refractivity contribution in [2.45, 2.75) is 65.1 Å². The summed E-state index contributed by atoms with van der Waals surface area (Å²) in [5.41, 5.74) is 10.3. The summed E-state index contributed by atoms with van der Waals surface area (Å²) in [4.78, 5) is 28.5. The van der Waals surface area contributed by atoms with Gasteiger partial charge in [-0.1, -0.05) is 30.7 Å². The second-order valence-corrected chi connectivity index (χ2v) is 14.1. The molecule has 0 radical (unpaired) electrons. The van der Waals surface area contributed by atoms with Crippen LogP contribution in [0.25, 0.3) is 44.6 Å². The van der Waals surface area contributed by atoms with Crippen LogP contribution in [0.4, 0.5) is 11.5 Å². The first-order valence-corrected chi connectivity index (χ1v) is 18.1. The van der Waals surface area contributed by atoms with Gasteiger partial charge < -0.3 is 20.2 Å². The smallest absolute Gasteiger partial charge is 0.308 e. The Morgan fingerprint density at radius 2 is 1.75 bits per heavy atom. The minimum atomic E-state index is -0.763. The monoisotopic (exact) mass is 691 g/mol. The lowest BCUT2D eigenvalue weighted by atomic mass is 9.93. The Balaban J connectivity index is 1.06. The molecule has 0 bridgehead atoms. The molecule has 0 amide bonds. The largest absolute Gasteiger partial charge is 0.481 e. The number of carboxylic acids is 1. The third-order valence-corrected chi connectivity index (χ3v) is 10.8. The molecule has 6 aromatic rings.